The Balaban J connectivity index is 2.22. The standard InChI is InChI=1S/C18H20NOS/c1-4-14(20-5-2)12-17-19(3)18-15-9-7-6-8-13(15)10-11-16(18)21-17/h6-12H,4-5H2,1-3H3/q+1/b14-12+. The van der Waals surface area contributed by atoms with E-state index in [1.807, 2.05) is 18.3 Å². The number of thiazole rings is 1. The molecule has 0 amide bonds. The van der Waals surface area contributed by atoms with Gasteiger partial charge >= 0.3 is 0 Å². The lowest BCUT2D eigenvalue weighted by Crippen LogP contribution is -2.29. The Morgan fingerprint density at radius 3 is 2.76 bits per heavy atom. The predicted molar refractivity (Wildman–Crippen MR) is 90.4 cm³/mol. The first-order valence-corrected chi connectivity index (χ1v) is 8.20. The molecule has 0 bridgehead atoms. The molecular weight excluding hydrogens is 278 g/mol. The lowest BCUT2D eigenvalue weighted by Gasteiger charge is -2.03. The van der Waals surface area contributed by atoms with Crippen molar-refractivity contribution < 1.29 is 9.30 Å². The highest BCUT2D eigenvalue weighted by atomic mass is 32.1. The fourth-order valence-corrected chi connectivity index (χ4v) is 3.77. The number of benzene rings is 2. The second kappa shape index (κ2) is 5.86. The van der Waals surface area contributed by atoms with Crippen LogP contribution in [0.3, 0.4) is 0 Å². The smallest absolute Gasteiger partial charge is 0.265 e. The monoisotopic (exact) mass is 298 g/mol. The Morgan fingerprint density at radius 1 is 1.19 bits per heavy atom. The van der Waals surface area contributed by atoms with E-state index >= 15 is 0 Å². The minimum absolute atomic E-state index is 0.719. The summed E-state index contributed by atoms with van der Waals surface area (Å²) in [6, 6.07) is 13.0. The summed E-state index contributed by atoms with van der Waals surface area (Å²) in [5, 5.41) is 3.82. The zero-order chi connectivity index (χ0) is 14.8. The van der Waals surface area contributed by atoms with E-state index in [-0.39, 0.29) is 0 Å². The van der Waals surface area contributed by atoms with E-state index in [1.165, 1.54) is 26.0 Å². The Kier molecular flexibility index (Phi) is 3.93. The van der Waals surface area contributed by atoms with E-state index in [0.717, 1.165) is 18.8 Å². The van der Waals surface area contributed by atoms with Gasteiger partial charge < -0.3 is 4.74 Å². The molecule has 0 N–H and O–H groups in total. The van der Waals surface area contributed by atoms with Crippen molar-refractivity contribution in [1.82, 2.24) is 0 Å². The van der Waals surface area contributed by atoms with E-state index in [0.29, 0.717) is 0 Å². The average molecular weight is 298 g/mol. The number of allylic oxidation sites excluding steroid dienone is 1. The molecule has 2 aromatic carbocycles. The first-order valence-electron chi connectivity index (χ1n) is 7.38. The van der Waals surface area contributed by atoms with Crippen molar-refractivity contribution in [2.24, 2.45) is 7.05 Å². The molecule has 3 heteroatoms. The van der Waals surface area contributed by atoms with Crippen LogP contribution in [0, 0.1) is 0 Å². The topological polar surface area (TPSA) is 13.1 Å². The Labute approximate surface area is 129 Å². The number of aryl methyl sites for hydroxylation is 1. The second-order valence-electron chi connectivity index (χ2n) is 5.03. The molecule has 0 saturated heterocycles. The number of ether oxygens (including phenoxy) is 1. The third kappa shape index (κ3) is 2.54. The van der Waals surface area contributed by atoms with Gasteiger partial charge in [-0.05, 0) is 24.4 Å². The maximum absolute atomic E-state index is 5.69. The van der Waals surface area contributed by atoms with E-state index in [4.69, 9.17) is 4.74 Å². The highest BCUT2D eigenvalue weighted by Gasteiger charge is 2.18. The zero-order valence-electron chi connectivity index (χ0n) is 12.7. The minimum Gasteiger partial charge on any atom is -0.498 e. The Morgan fingerprint density at radius 2 is 2.00 bits per heavy atom. The number of hydrogen-bond donors (Lipinski definition) is 0. The Hall–Kier alpha value is -1.87. The van der Waals surface area contributed by atoms with Crippen LogP contribution in [0.1, 0.15) is 25.3 Å². The van der Waals surface area contributed by atoms with Crippen molar-refractivity contribution >= 4 is 38.4 Å². The van der Waals surface area contributed by atoms with E-state index in [1.54, 1.807) is 0 Å². The molecule has 0 spiro atoms. The third-order valence-corrected chi connectivity index (χ3v) is 4.86. The summed E-state index contributed by atoms with van der Waals surface area (Å²) in [6.45, 7) is 4.88. The fraction of sp³-hybridized carbons (Fsp3) is 0.278. The van der Waals surface area contributed by atoms with Gasteiger partial charge in [-0.15, -0.1) is 0 Å². The van der Waals surface area contributed by atoms with Crippen LogP contribution in [0.5, 0.6) is 0 Å². The molecule has 3 rings (SSSR count). The van der Waals surface area contributed by atoms with Crippen LogP contribution in [0.4, 0.5) is 0 Å². The fourth-order valence-electron chi connectivity index (χ4n) is 2.65. The number of hydrogen-bond acceptors (Lipinski definition) is 2. The van der Waals surface area contributed by atoms with Crippen LogP contribution in [0.15, 0.2) is 42.2 Å². The van der Waals surface area contributed by atoms with Crippen molar-refractivity contribution in [3.05, 3.63) is 47.2 Å². The SMILES string of the molecule is CCO/C(=C/c1sc2ccc3ccccc3c2[n+]1C)CC. The zero-order valence-corrected chi connectivity index (χ0v) is 13.5. The molecule has 0 aliphatic carbocycles. The molecule has 3 aromatic rings. The minimum atomic E-state index is 0.719. The summed E-state index contributed by atoms with van der Waals surface area (Å²) >= 11 is 1.81. The molecule has 1 aromatic heterocycles. The molecular formula is C18H20NOS+. The van der Waals surface area contributed by atoms with Gasteiger partial charge in [-0.2, -0.15) is 4.57 Å². The van der Waals surface area contributed by atoms with Gasteiger partial charge in [0.2, 0.25) is 5.52 Å². The summed E-state index contributed by atoms with van der Waals surface area (Å²) in [4.78, 5) is 0. The van der Waals surface area contributed by atoms with Gasteiger partial charge in [-0.1, -0.05) is 42.5 Å². The van der Waals surface area contributed by atoms with Crippen molar-refractivity contribution in [3.63, 3.8) is 0 Å². The quantitative estimate of drug-likeness (QED) is 0.504. The summed E-state index contributed by atoms with van der Waals surface area (Å²) in [5.74, 6) is 1.05. The first kappa shape index (κ1) is 14.1. The van der Waals surface area contributed by atoms with Crippen LogP contribution in [0.2, 0.25) is 0 Å². The van der Waals surface area contributed by atoms with Gasteiger partial charge in [0, 0.05) is 6.42 Å². The molecule has 0 unspecified atom stereocenters. The summed E-state index contributed by atoms with van der Waals surface area (Å²) in [6.07, 6.45) is 3.09. The molecule has 2 nitrogen and oxygen atoms in total. The van der Waals surface area contributed by atoms with Crippen LogP contribution in [-0.4, -0.2) is 6.61 Å². The van der Waals surface area contributed by atoms with Gasteiger partial charge in [0.1, 0.15) is 17.5 Å². The van der Waals surface area contributed by atoms with Gasteiger partial charge in [-0.25, -0.2) is 0 Å². The number of nitrogens with zero attached hydrogens (tertiary/aromatic N) is 1. The lowest BCUT2D eigenvalue weighted by atomic mass is 10.1. The van der Waals surface area contributed by atoms with Gasteiger partial charge in [0.15, 0.2) is 0 Å². The van der Waals surface area contributed by atoms with Crippen molar-refractivity contribution in [2.75, 3.05) is 6.61 Å². The molecule has 0 fully saturated rings. The van der Waals surface area contributed by atoms with Crippen LogP contribution in [-0.2, 0) is 11.8 Å². The number of aromatic nitrogens is 1. The van der Waals surface area contributed by atoms with E-state index < -0.39 is 0 Å². The van der Waals surface area contributed by atoms with Crippen LogP contribution >= 0.6 is 11.3 Å². The largest absolute Gasteiger partial charge is 0.498 e. The molecule has 0 aliphatic heterocycles. The predicted octanol–water partition coefficient (Wildman–Crippen LogP) is 4.67. The molecule has 0 radical (unpaired) electrons. The number of rotatable bonds is 4. The van der Waals surface area contributed by atoms with Gasteiger partial charge in [-0.3, -0.25) is 0 Å². The summed E-state index contributed by atoms with van der Waals surface area (Å²) in [5.41, 5.74) is 1.30. The molecule has 21 heavy (non-hydrogen) atoms. The van der Waals surface area contributed by atoms with Gasteiger partial charge in [0.25, 0.3) is 5.01 Å². The highest BCUT2D eigenvalue weighted by Crippen LogP contribution is 2.28. The molecule has 0 atom stereocenters. The highest BCUT2D eigenvalue weighted by molar-refractivity contribution is 7.19. The summed E-state index contributed by atoms with van der Waals surface area (Å²) in [7, 11) is 2.14. The lowest BCUT2D eigenvalue weighted by molar-refractivity contribution is -0.641. The number of fused-ring (bicyclic) bond motifs is 3. The first-order chi connectivity index (χ1) is 10.2. The van der Waals surface area contributed by atoms with Gasteiger partial charge in [0.05, 0.1) is 18.1 Å². The van der Waals surface area contributed by atoms with Crippen molar-refractivity contribution in [1.29, 1.82) is 0 Å². The van der Waals surface area contributed by atoms with Crippen molar-refractivity contribution in [2.45, 2.75) is 20.3 Å². The normalized spacial score (nSPS) is 12.2. The third-order valence-electron chi connectivity index (χ3n) is 3.71. The average Bonchev–Trinajstić information content (AvgIpc) is 2.83. The maximum Gasteiger partial charge on any atom is 0.265 e. The molecule has 108 valence electrons. The molecule has 1 heterocycles. The Bertz CT molecular complexity index is 817. The maximum atomic E-state index is 5.69. The van der Waals surface area contributed by atoms with E-state index in [9.17, 15) is 0 Å². The summed E-state index contributed by atoms with van der Waals surface area (Å²) < 4.78 is 9.28. The molecule has 0 saturated carbocycles. The molecule has 0 aliphatic rings. The van der Waals surface area contributed by atoms with Crippen LogP contribution in [0.25, 0.3) is 27.1 Å². The van der Waals surface area contributed by atoms with Crippen LogP contribution < -0.4 is 4.57 Å². The van der Waals surface area contributed by atoms with Crippen molar-refractivity contribution in [3.8, 4) is 0 Å². The van der Waals surface area contributed by atoms with E-state index in [2.05, 4.69) is 61.0 Å². The second-order valence-corrected chi connectivity index (χ2v) is 6.09.